The fourth-order valence-corrected chi connectivity index (χ4v) is 4.08. The summed E-state index contributed by atoms with van der Waals surface area (Å²) in [5.74, 6) is 2.66. The normalized spacial score (nSPS) is 11.3. The molecule has 0 N–H and O–H groups in total. The smallest absolute Gasteiger partial charge is 0.161 e. The minimum absolute atomic E-state index is 0.490. The molecule has 0 saturated carbocycles. The summed E-state index contributed by atoms with van der Waals surface area (Å²) in [6, 6.07) is 9.51. The zero-order chi connectivity index (χ0) is 24.7. The van der Waals surface area contributed by atoms with E-state index in [4.69, 9.17) is 23.4 Å². The summed E-state index contributed by atoms with van der Waals surface area (Å²) in [6.07, 6.45) is 8.15. The summed E-state index contributed by atoms with van der Waals surface area (Å²) >= 11 is 0. The van der Waals surface area contributed by atoms with Crippen molar-refractivity contribution in [2.45, 2.75) is 33.6 Å². The number of rotatable bonds is 10. The number of hydrogen-bond donors (Lipinski definition) is 0. The van der Waals surface area contributed by atoms with E-state index < -0.39 is 0 Å². The van der Waals surface area contributed by atoms with Gasteiger partial charge in [0.15, 0.2) is 11.5 Å². The molecule has 0 spiro atoms. The summed E-state index contributed by atoms with van der Waals surface area (Å²) in [5.41, 5.74) is 5.10. The lowest BCUT2D eigenvalue weighted by atomic mass is 10.0. The highest BCUT2D eigenvalue weighted by Crippen LogP contribution is 2.38. The van der Waals surface area contributed by atoms with Crippen LogP contribution in [0.2, 0.25) is 0 Å². The third-order valence-corrected chi connectivity index (χ3v) is 6.07. The van der Waals surface area contributed by atoms with Gasteiger partial charge in [-0.1, -0.05) is 23.3 Å². The van der Waals surface area contributed by atoms with Gasteiger partial charge in [-0.25, -0.2) is 0 Å². The second-order valence-electron chi connectivity index (χ2n) is 8.27. The molecule has 0 unspecified atom stereocenters. The first-order chi connectivity index (χ1) is 16.4. The molecular weight excluding hydrogens is 447 g/mol. The third kappa shape index (κ3) is 6.03. The SMILES string of the molecule is COc1cc(OC)c2c(=P)c(-c3ccc(OC/C=C(\C)CCC=C(C)C)c(OC)c3)coc2c1. The van der Waals surface area contributed by atoms with Crippen molar-refractivity contribution in [3.05, 3.63) is 64.8 Å². The summed E-state index contributed by atoms with van der Waals surface area (Å²) in [4.78, 5) is 0.853. The number of fused-ring (bicyclic) bond motifs is 1. The molecule has 0 aliphatic heterocycles. The number of ether oxygens (including phenoxy) is 4. The second kappa shape index (κ2) is 11.8. The van der Waals surface area contributed by atoms with Crippen LogP contribution in [0.25, 0.3) is 22.1 Å². The van der Waals surface area contributed by atoms with Crippen molar-refractivity contribution in [1.82, 2.24) is 0 Å². The van der Waals surface area contributed by atoms with Gasteiger partial charge in [0.05, 0.1) is 33.0 Å². The highest BCUT2D eigenvalue weighted by Gasteiger charge is 2.14. The monoisotopic (exact) mass is 480 g/mol. The Morgan fingerprint density at radius 1 is 0.912 bits per heavy atom. The van der Waals surface area contributed by atoms with Crippen molar-refractivity contribution in [3.63, 3.8) is 0 Å². The fourth-order valence-electron chi connectivity index (χ4n) is 3.63. The first-order valence-electron chi connectivity index (χ1n) is 11.2. The third-order valence-electron chi connectivity index (χ3n) is 5.55. The molecule has 180 valence electrons. The molecule has 34 heavy (non-hydrogen) atoms. The number of allylic oxidation sites excluding steroid dienone is 3. The molecule has 1 heterocycles. The zero-order valence-electron chi connectivity index (χ0n) is 20.8. The van der Waals surface area contributed by atoms with E-state index in [0.29, 0.717) is 35.2 Å². The van der Waals surface area contributed by atoms with E-state index in [1.807, 2.05) is 30.3 Å². The molecule has 2 aromatic carbocycles. The van der Waals surface area contributed by atoms with Crippen molar-refractivity contribution in [1.29, 1.82) is 0 Å². The lowest BCUT2D eigenvalue weighted by molar-refractivity contribution is 0.325. The van der Waals surface area contributed by atoms with Gasteiger partial charge in [-0.2, -0.15) is 0 Å². The van der Waals surface area contributed by atoms with E-state index >= 15 is 0 Å². The van der Waals surface area contributed by atoms with Gasteiger partial charge in [-0.05, 0) is 57.4 Å². The van der Waals surface area contributed by atoms with E-state index in [1.165, 1.54) is 11.1 Å². The van der Waals surface area contributed by atoms with Crippen LogP contribution < -0.4 is 18.9 Å². The zero-order valence-corrected chi connectivity index (χ0v) is 21.8. The molecule has 0 radical (unpaired) electrons. The summed E-state index contributed by atoms with van der Waals surface area (Å²) in [7, 11) is 8.68. The molecular formula is C28H33O5P. The Hall–Kier alpha value is -3.17. The first-order valence-corrected chi connectivity index (χ1v) is 11.7. The lowest BCUT2D eigenvalue weighted by Gasteiger charge is -2.13. The van der Waals surface area contributed by atoms with Crippen LogP contribution in [0.15, 0.2) is 64.3 Å². The summed E-state index contributed by atoms with van der Waals surface area (Å²) < 4.78 is 28.5. The van der Waals surface area contributed by atoms with Crippen molar-refractivity contribution in [2.24, 2.45) is 0 Å². The van der Waals surface area contributed by atoms with E-state index in [0.717, 1.165) is 34.3 Å². The molecule has 3 rings (SSSR count). The van der Waals surface area contributed by atoms with Gasteiger partial charge in [0.1, 0.15) is 23.7 Å². The van der Waals surface area contributed by atoms with Crippen molar-refractivity contribution >= 4 is 19.8 Å². The first kappa shape index (κ1) is 25.5. The van der Waals surface area contributed by atoms with Gasteiger partial charge in [0.2, 0.25) is 0 Å². The molecule has 1 aromatic heterocycles. The van der Waals surface area contributed by atoms with E-state index in [9.17, 15) is 0 Å². The number of hydrogen-bond acceptors (Lipinski definition) is 5. The van der Waals surface area contributed by atoms with Gasteiger partial charge in [0, 0.05) is 22.6 Å². The lowest BCUT2D eigenvalue weighted by Crippen LogP contribution is -1.98. The Kier molecular flexibility index (Phi) is 8.84. The Morgan fingerprint density at radius 3 is 2.35 bits per heavy atom. The molecule has 0 fully saturated rings. The molecule has 5 nitrogen and oxygen atoms in total. The maximum absolute atomic E-state index is 5.99. The van der Waals surface area contributed by atoms with Crippen LogP contribution in [-0.2, 0) is 0 Å². The predicted octanol–water partition coefficient (Wildman–Crippen LogP) is 7.87. The van der Waals surface area contributed by atoms with Gasteiger partial charge in [0.25, 0.3) is 0 Å². The van der Waals surface area contributed by atoms with E-state index in [1.54, 1.807) is 27.6 Å². The van der Waals surface area contributed by atoms with Crippen LogP contribution in [0.5, 0.6) is 23.0 Å². The van der Waals surface area contributed by atoms with Gasteiger partial charge in [-0.3, -0.25) is 0 Å². The van der Waals surface area contributed by atoms with Crippen molar-refractivity contribution < 1.29 is 23.4 Å². The van der Waals surface area contributed by atoms with Gasteiger partial charge >= 0.3 is 0 Å². The standard InChI is InChI=1S/C28H33O5P/c1-18(2)8-7-9-19(3)12-13-32-23-11-10-20(14-24(23)30-5)22-17-33-26-16-21(29-4)15-25(31-6)27(26)28(22)34/h8,10-12,14-17,34H,7,9,13H2,1-6H3/b19-12+. The highest BCUT2D eigenvalue weighted by molar-refractivity contribution is 7.07. The summed E-state index contributed by atoms with van der Waals surface area (Å²) in [6.45, 7) is 6.86. The Morgan fingerprint density at radius 2 is 1.68 bits per heavy atom. The van der Waals surface area contributed by atoms with Gasteiger partial charge in [-0.15, -0.1) is 8.86 Å². The number of methoxy groups -OCH3 is 3. The van der Waals surface area contributed by atoms with Crippen LogP contribution in [0, 0.1) is 4.94 Å². The predicted molar refractivity (Wildman–Crippen MR) is 141 cm³/mol. The summed E-state index contributed by atoms with van der Waals surface area (Å²) in [5, 5.41) is 0.825. The maximum Gasteiger partial charge on any atom is 0.161 e. The molecule has 0 aliphatic carbocycles. The van der Waals surface area contributed by atoms with Gasteiger partial charge < -0.3 is 23.4 Å². The minimum atomic E-state index is 0.490. The Balaban J connectivity index is 1.86. The fraction of sp³-hybridized carbons (Fsp3) is 0.321. The highest BCUT2D eigenvalue weighted by atomic mass is 31.0. The van der Waals surface area contributed by atoms with Crippen LogP contribution in [0.3, 0.4) is 0 Å². The average Bonchev–Trinajstić information content (AvgIpc) is 2.83. The second-order valence-corrected chi connectivity index (χ2v) is 8.77. The van der Waals surface area contributed by atoms with Crippen LogP contribution >= 0.6 is 8.86 Å². The van der Waals surface area contributed by atoms with Crippen molar-refractivity contribution in [2.75, 3.05) is 27.9 Å². The molecule has 0 aliphatic rings. The molecule has 3 aromatic rings. The van der Waals surface area contributed by atoms with Crippen molar-refractivity contribution in [3.8, 4) is 34.1 Å². The quantitative estimate of drug-likeness (QED) is 0.218. The van der Waals surface area contributed by atoms with Crippen LogP contribution in [-0.4, -0.2) is 27.9 Å². The molecule has 6 heteroatoms. The Labute approximate surface area is 203 Å². The molecule has 0 amide bonds. The topological polar surface area (TPSA) is 50.1 Å². The maximum atomic E-state index is 5.99. The molecule has 0 atom stereocenters. The van der Waals surface area contributed by atoms with E-state index in [2.05, 4.69) is 41.8 Å². The Bertz CT molecular complexity index is 1270. The largest absolute Gasteiger partial charge is 0.496 e. The molecule has 0 saturated heterocycles. The minimum Gasteiger partial charge on any atom is -0.496 e. The van der Waals surface area contributed by atoms with Crippen LogP contribution in [0.4, 0.5) is 0 Å². The van der Waals surface area contributed by atoms with Crippen LogP contribution in [0.1, 0.15) is 33.6 Å². The molecule has 0 bridgehead atoms. The average molecular weight is 481 g/mol. The number of benzene rings is 2. The van der Waals surface area contributed by atoms with E-state index in [-0.39, 0.29) is 0 Å².